The Balaban J connectivity index is 1.16. The van der Waals surface area contributed by atoms with E-state index in [1.165, 1.54) is 52.8 Å². The Hall–Kier alpha value is -7.14. The average molecular weight is 733 g/mol. The fourth-order valence-electron chi connectivity index (χ4n) is 8.85. The molecule has 0 spiro atoms. The number of thiophene rings is 1. The van der Waals surface area contributed by atoms with Crippen LogP contribution in [-0.4, -0.2) is 4.57 Å². The fraction of sp³-hybridized carbons (Fsp3) is 0. The maximum atomic E-state index is 6.44. The highest BCUT2D eigenvalue weighted by Gasteiger charge is 2.23. The van der Waals surface area contributed by atoms with Gasteiger partial charge in [-0.3, -0.25) is 0 Å². The number of para-hydroxylation sites is 3. The van der Waals surface area contributed by atoms with E-state index in [4.69, 9.17) is 4.42 Å². The minimum atomic E-state index is 0.896. The molecule has 0 aliphatic heterocycles. The van der Waals surface area contributed by atoms with Crippen LogP contribution in [0.1, 0.15) is 0 Å². The monoisotopic (exact) mass is 732 g/mol. The van der Waals surface area contributed by atoms with Gasteiger partial charge < -0.3 is 13.9 Å². The Kier molecular flexibility index (Phi) is 6.80. The van der Waals surface area contributed by atoms with Gasteiger partial charge in [0.05, 0.1) is 11.0 Å². The van der Waals surface area contributed by atoms with Crippen LogP contribution >= 0.6 is 11.3 Å². The molecule has 0 bridgehead atoms. The molecule has 262 valence electrons. The number of rotatable bonds is 5. The summed E-state index contributed by atoms with van der Waals surface area (Å²) in [4.78, 5) is 2.40. The fourth-order valence-corrected chi connectivity index (χ4v) is 9.94. The second-order valence-corrected chi connectivity index (χ2v) is 15.6. The van der Waals surface area contributed by atoms with E-state index in [1.807, 2.05) is 23.5 Å². The molecule has 3 aromatic heterocycles. The van der Waals surface area contributed by atoms with Crippen molar-refractivity contribution in [2.45, 2.75) is 0 Å². The third-order valence-electron chi connectivity index (χ3n) is 11.3. The lowest BCUT2D eigenvalue weighted by atomic mass is 9.94. The van der Waals surface area contributed by atoms with Crippen molar-refractivity contribution in [3.8, 4) is 16.8 Å². The Labute approximate surface area is 326 Å². The predicted octanol–water partition coefficient (Wildman–Crippen LogP) is 15.3. The normalized spacial score (nSPS) is 11.9. The molecule has 3 heterocycles. The van der Waals surface area contributed by atoms with Gasteiger partial charge in [-0.05, 0) is 101 Å². The first-order valence-electron chi connectivity index (χ1n) is 19.0. The van der Waals surface area contributed by atoms with Crippen molar-refractivity contribution >= 4 is 103 Å². The highest BCUT2D eigenvalue weighted by Crippen LogP contribution is 2.46. The lowest BCUT2D eigenvalue weighted by Gasteiger charge is -2.26. The Morgan fingerprint density at radius 1 is 0.429 bits per heavy atom. The van der Waals surface area contributed by atoms with Crippen molar-refractivity contribution < 1.29 is 4.42 Å². The lowest BCUT2D eigenvalue weighted by Crippen LogP contribution is -2.09. The highest BCUT2D eigenvalue weighted by molar-refractivity contribution is 7.25. The molecule has 0 aliphatic rings. The van der Waals surface area contributed by atoms with Gasteiger partial charge in [0.15, 0.2) is 0 Å². The zero-order valence-electron chi connectivity index (χ0n) is 30.2. The molecule has 0 saturated carbocycles. The number of hydrogen-bond acceptors (Lipinski definition) is 3. The summed E-state index contributed by atoms with van der Waals surface area (Å²) in [6, 6.07) is 70.3. The van der Waals surface area contributed by atoms with E-state index in [0.29, 0.717) is 0 Å². The molecule has 0 fully saturated rings. The van der Waals surface area contributed by atoms with E-state index in [0.717, 1.165) is 55.8 Å². The van der Waals surface area contributed by atoms with Gasteiger partial charge >= 0.3 is 0 Å². The maximum Gasteiger partial charge on any atom is 0.136 e. The van der Waals surface area contributed by atoms with Crippen LogP contribution in [0, 0.1) is 0 Å². The summed E-state index contributed by atoms with van der Waals surface area (Å²) in [5.41, 5.74) is 10.9. The summed E-state index contributed by atoms with van der Waals surface area (Å²) in [7, 11) is 0. The molecule has 3 nitrogen and oxygen atoms in total. The van der Waals surface area contributed by atoms with Crippen LogP contribution in [0.5, 0.6) is 0 Å². The number of aromatic nitrogens is 1. The van der Waals surface area contributed by atoms with Crippen LogP contribution in [0.2, 0.25) is 0 Å². The Morgan fingerprint density at radius 3 is 1.96 bits per heavy atom. The zero-order valence-corrected chi connectivity index (χ0v) is 31.0. The van der Waals surface area contributed by atoms with E-state index >= 15 is 0 Å². The van der Waals surface area contributed by atoms with Crippen molar-refractivity contribution in [1.82, 2.24) is 4.57 Å². The van der Waals surface area contributed by atoms with Gasteiger partial charge in [0.2, 0.25) is 0 Å². The summed E-state index contributed by atoms with van der Waals surface area (Å²) in [5.74, 6) is 0. The van der Waals surface area contributed by atoms with Gasteiger partial charge in [0.1, 0.15) is 11.2 Å². The van der Waals surface area contributed by atoms with Crippen molar-refractivity contribution in [1.29, 1.82) is 0 Å². The van der Waals surface area contributed by atoms with Crippen LogP contribution in [0.4, 0.5) is 17.1 Å². The van der Waals surface area contributed by atoms with Gasteiger partial charge in [-0.15, -0.1) is 11.3 Å². The molecular formula is C52H32N2OS. The zero-order chi connectivity index (χ0) is 36.7. The van der Waals surface area contributed by atoms with Gasteiger partial charge in [-0.25, -0.2) is 0 Å². The van der Waals surface area contributed by atoms with Gasteiger partial charge in [-0.2, -0.15) is 0 Å². The topological polar surface area (TPSA) is 21.3 Å². The maximum absolute atomic E-state index is 6.44. The van der Waals surface area contributed by atoms with Gasteiger partial charge in [-0.1, -0.05) is 109 Å². The van der Waals surface area contributed by atoms with E-state index in [1.54, 1.807) is 0 Å². The van der Waals surface area contributed by atoms with E-state index in [2.05, 4.69) is 191 Å². The SMILES string of the molecule is c1ccc(N(c2ccc3sc4ccccc4c3c2)c2ccc3c4c(-c5ccc6c(c5)oc5ccccc56)cc5ccccc5c4n(-c4ccccc4)c3c2)cc1. The third kappa shape index (κ3) is 4.70. The number of furan rings is 1. The summed E-state index contributed by atoms with van der Waals surface area (Å²) in [6.45, 7) is 0. The molecule has 0 aliphatic carbocycles. The van der Waals surface area contributed by atoms with Crippen molar-refractivity contribution in [2.75, 3.05) is 4.90 Å². The second-order valence-electron chi connectivity index (χ2n) is 14.5. The first-order chi connectivity index (χ1) is 27.8. The first-order valence-corrected chi connectivity index (χ1v) is 19.8. The molecule has 0 saturated heterocycles. The van der Waals surface area contributed by atoms with Crippen LogP contribution in [0.3, 0.4) is 0 Å². The average Bonchev–Trinajstić information content (AvgIpc) is 3.93. The Morgan fingerprint density at radius 2 is 1.09 bits per heavy atom. The summed E-state index contributed by atoms with van der Waals surface area (Å²) < 4.78 is 11.5. The number of nitrogens with zero attached hydrogens (tertiary/aromatic N) is 2. The molecule has 0 amide bonds. The molecule has 0 unspecified atom stereocenters. The number of benzene rings is 9. The van der Waals surface area contributed by atoms with Gasteiger partial charge in [0, 0.05) is 69.9 Å². The lowest BCUT2D eigenvalue weighted by molar-refractivity contribution is 0.669. The van der Waals surface area contributed by atoms with Crippen LogP contribution in [0.25, 0.3) is 91.5 Å². The molecule has 0 radical (unpaired) electrons. The molecule has 12 rings (SSSR count). The minimum Gasteiger partial charge on any atom is -0.456 e. The molecular weight excluding hydrogens is 701 g/mol. The second kappa shape index (κ2) is 12.2. The van der Waals surface area contributed by atoms with Gasteiger partial charge in [0.25, 0.3) is 0 Å². The first kappa shape index (κ1) is 31.2. The standard InChI is InChI=1S/C52H32N2OS/c1-3-14-35(15-4-1)53(37-25-28-50-45(31-37)42-20-10-12-22-49(42)56-50)38-24-27-43-46(32-38)54(36-16-5-2-6-17-36)52-39-18-8-7-13-33(39)29-44(51(43)52)34-23-26-41-40-19-9-11-21-47(40)55-48(41)30-34/h1-32H. The van der Waals surface area contributed by atoms with E-state index < -0.39 is 0 Å². The van der Waals surface area contributed by atoms with E-state index in [9.17, 15) is 0 Å². The molecule has 9 aromatic carbocycles. The minimum absolute atomic E-state index is 0.896. The molecule has 12 aromatic rings. The van der Waals surface area contributed by atoms with E-state index in [-0.39, 0.29) is 0 Å². The molecule has 4 heteroatoms. The molecule has 0 atom stereocenters. The van der Waals surface area contributed by atoms with Crippen LogP contribution in [0.15, 0.2) is 199 Å². The number of anilines is 3. The van der Waals surface area contributed by atoms with Crippen molar-refractivity contribution in [3.05, 3.63) is 194 Å². The Bertz CT molecular complexity index is 3480. The number of hydrogen-bond donors (Lipinski definition) is 0. The van der Waals surface area contributed by atoms with Crippen molar-refractivity contribution in [2.24, 2.45) is 0 Å². The highest BCUT2D eigenvalue weighted by atomic mass is 32.1. The predicted molar refractivity (Wildman–Crippen MR) is 239 cm³/mol. The van der Waals surface area contributed by atoms with Crippen LogP contribution in [-0.2, 0) is 0 Å². The molecule has 0 N–H and O–H groups in total. The smallest absolute Gasteiger partial charge is 0.136 e. The summed E-state index contributed by atoms with van der Waals surface area (Å²) in [6.07, 6.45) is 0. The largest absolute Gasteiger partial charge is 0.456 e. The summed E-state index contributed by atoms with van der Waals surface area (Å²) >= 11 is 1.85. The number of fused-ring (bicyclic) bond motifs is 11. The third-order valence-corrected chi connectivity index (χ3v) is 12.5. The summed E-state index contributed by atoms with van der Waals surface area (Å²) in [5, 5.41) is 9.68. The van der Waals surface area contributed by atoms with Crippen molar-refractivity contribution in [3.63, 3.8) is 0 Å². The quantitative estimate of drug-likeness (QED) is 0.176. The molecule has 56 heavy (non-hydrogen) atoms. The van der Waals surface area contributed by atoms with Crippen LogP contribution < -0.4 is 4.90 Å².